The van der Waals surface area contributed by atoms with Crippen molar-refractivity contribution in [3.8, 4) is 6.07 Å². The van der Waals surface area contributed by atoms with E-state index >= 15 is 0 Å². The second-order valence-electron chi connectivity index (χ2n) is 3.10. The third-order valence-corrected chi connectivity index (χ3v) is 2.24. The molecule has 1 unspecified atom stereocenters. The maximum Gasteiger partial charge on any atom is 0.0952 e. The van der Waals surface area contributed by atoms with Crippen molar-refractivity contribution >= 4 is 0 Å². The fourth-order valence-electron chi connectivity index (χ4n) is 1.51. The van der Waals surface area contributed by atoms with E-state index in [4.69, 9.17) is 5.26 Å². The van der Waals surface area contributed by atoms with Gasteiger partial charge in [0.05, 0.1) is 12.1 Å². The molecule has 1 N–H and O–H groups in total. The highest BCUT2D eigenvalue weighted by Gasteiger charge is 2.21. The molecule has 0 aliphatic carbocycles. The maximum atomic E-state index is 8.69. The number of piperazine rings is 1. The van der Waals surface area contributed by atoms with Gasteiger partial charge in [0.25, 0.3) is 0 Å². The molecular weight excluding hydrogens is 138 g/mol. The lowest BCUT2D eigenvalue weighted by Gasteiger charge is -2.35. The van der Waals surface area contributed by atoms with Crippen LogP contribution in [0.15, 0.2) is 0 Å². The third-order valence-electron chi connectivity index (χ3n) is 2.24. The second kappa shape index (κ2) is 3.70. The Labute approximate surface area is 68.0 Å². The predicted molar refractivity (Wildman–Crippen MR) is 44.1 cm³/mol. The quantitative estimate of drug-likeness (QED) is 0.584. The molecule has 3 heteroatoms. The molecule has 0 bridgehead atoms. The molecule has 1 heterocycles. The van der Waals surface area contributed by atoms with Crippen molar-refractivity contribution in [1.29, 1.82) is 5.26 Å². The number of hydrogen-bond donors (Lipinski definition) is 1. The molecule has 1 rings (SSSR count). The highest BCUT2D eigenvalue weighted by molar-refractivity contribution is 4.92. The van der Waals surface area contributed by atoms with Gasteiger partial charge in [0, 0.05) is 25.7 Å². The molecule has 0 aromatic heterocycles. The zero-order valence-corrected chi connectivity index (χ0v) is 7.17. The van der Waals surface area contributed by atoms with Crippen molar-refractivity contribution in [2.24, 2.45) is 0 Å². The monoisotopic (exact) mass is 153 g/mol. The molecule has 3 nitrogen and oxygen atoms in total. The zero-order chi connectivity index (χ0) is 8.27. The van der Waals surface area contributed by atoms with E-state index in [2.05, 4.69) is 23.2 Å². The first-order chi connectivity index (χ1) is 5.25. The minimum atomic E-state index is 0.0621. The first-order valence-corrected chi connectivity index (χ1v) is 4.11. The van der Waals surface area contributed by atoms with E-state index in [1.54, 1.807) is 0 Å². The molecule has 0 spiro atoms. The van der Waals surface area contributed by atoms with Gasteiger partial charge in [0.1, 0.15) is 0 Å². The van der Waals surface area contributed by atoms with E-state index in [1.165, 1.54) is 0 Å². The average molecular weight is 153 g/mol. The van der Waals surface area contributed by atoms with Gasteiger partial charge in [0.2, 0.25) is 0 Å². The van der Waals surface area contributed by atoms with Crippen LogP contribution in [0.1, 0.15) is 13.8 Å². The standard InChI is InChI=1S/C8H15N3/c1-7(5-9)11-4-3-10-6-8(11)2/h7-8,10H,3-4,6H2,1-2H3/t7?,8-/m1/s1. The van der Waals surface area contributed by atoms with Gasteiger partial charge in [-0.05, 0) is 13.8 Å². The van der Waals surface area contributed by atoms with Crippen molar-refractivity contribution in [3.05, 3.63) is 0 Å². The van der Waals surface area contributed by atoms with Crippen LogP contribution < -0.4 is 5.32 Å². The summed E-state index contributed by atoms with van der Waals surface area (Å²) in [6.45, 7) is 7.13. The van der Waals surface area contributed by atoms with E-state index in [9.17, 15) is 0 Å². The Morgan fingerprint density at radius 2 is 2.45 bits per heavy atom. The Bertz CT molecular complexity index is 161. The van der Waals surface area contributed by atoms with Crippen LogP contribution in [0.4, 0.5) is 0 Å². The molecule has 0 aromatic carbocycles. The molecule has 2 atom stereocenters. The summed E-state index contributed by atoms with van der Waals surface area (Å²) in [4.78, 5) is 2.23. The smallest absolute Gasteiger partial charge is 0.0952 e. The van der Waals surface area contributed by atoms with Gasteiger partial charge in [-0.3, -0.25) is 4.90 Å². The topological polar surface area (TPSA) is 39.1 Å². The molecule has 0 radical (unpaired) electrons. The summed E-state index contributed by atoms with van der Waals surface area (Å²) in [5.74, 6) is 0. The van der Waals surface area contributed by atoms with Crippen molar-refractivity contribution < 1.29 is 0 Å². The van der Waals surface area contributed by atoms with Crippen LogP contribution in [0.3, 0.4) is 0 Å². The fourth-order valence-corrected chi connectivity index (χ4v) is 1.51. The normalized spacial score (nSPS) is 29.4. The molecule has 1 fully saturated rings. The van der Waals surface area contributed by atoms with Crippen LogP contribution in [0, 0.1) is 11.3 Å². The van der Waals surface area contributed by atoms with E-state index in [0.29, 0.717) is 6.04 Å². The lowest BCUT2D eigenvalue weighted by atomic mass is 10.1. The lowest BCUT2D eigenvalue weighted by molar-refractivity contribution is 0.152. The molecule has 1 aliphatic rings. The van der Waals surface area contributed by atoms with Crippen molar-refractivity contribution in [2.45, 2.75) is 25.9 Å². The van der Waals surface area contributed by atoms with Crippen LogP contribution in [0.2, 0.25) is 0 Å². The average Bonchev–Trinajstić information content (AvgIpc) is 2.04. The number of nitrogens with one attached hydrogen (secondary N) is 1. The number of rotatable bonds is 1. The summed E-state index contributed by atoms with van der Waals surface area (Å²) < 4.78 is 0. The van der Waals surface area contributed by atoms with Crippen LogP contribution >= 0.6 is 0 Å². The van der Waals surface area contributed by atoms with Crippen molar-refractivity contribution in [3.63, 3.8) is 0 Å². The minimum absolute atomic E-state index is 0.0621. The van der Waals surface area contributed by atoms with Gasteiger partial charge in [0.15, 0.2) is 0 Å². The fraction of sp³-hybridized carbons (Fsp3) is 0.875. The molecule has 0 aromatic rings. The van der Waals surface area contributed by atoms with Gasteiger partial charge >= 0.3 is 0 Å². The Morgan fingerprint density at radius 1 is 1.73 bits per heavy atom. The molecule has 62 valence electrons. The summed E-state index contributed by atoms with van der Waals surface area (Å²) in [6.07, 6.45) is 0. The Morgan fingerprint density at radius 3 is 3.00 bits per heavy atom. The van der Waals surface area contributed by atoms with E-state index in [-0.39, 0.29) is 6.04 Å². The molecule has 1 aliphatic heterocycles. The highest BCUT2D eigenvalue weighted by atomic mass is 15.2. The van der Waals surface area contributed by atoms with E-state index in [0.717, 1.165) is 19.6 Å². The Kier molecular flexibility index (Phi) is 2.86. The van der Waals surface area contributed by atoms with Crippen LogP contribution in [0.5, 0.6) is 0 Å². The molecular formula is C8H15N3. The van der Waals surface area contributed by atoms with Gasteiger partial charge in [-0.1, -0.05) is 0 Å². The number of hydrogen-bond acceptors (Lipinski definition) is 3. The Hall–Kier alpha value is -0.590. The van der Waals surface area contributed by atoms with Crippen LogP contribution in [0.25, 0.3) is 0 Å². The first-order valence-electron chi connectivity index (χ1n) is 4.11. The summed E-state index contributed by atoms with van der Waals surface area (Å²) in [5.41, 5.74) is 0. The van der Waals surface area contributed by atoms with Crippen molar-refractivity contribution in [2.75, 3.05) is 19.6 Å². The van der Waals surface area contributed by atoms with E-state index in [1.807, 2.05) is 6.92 Å². The Balaban J connectivity index is 2.48. The van der Waals surface area contributed by atoms with E-state index < -0.39 is 0 Å². The summed E-state index contributed by atoms with van der Waals surface area (Å²) in [7, 11) is 0. The van der Waals surface area contributed by atoms with Gasteiger partial charge < -0.3 is 5.32 Å². The number of nitriles is 1. The highest BCUT2D eigenvalue weighted by Crippen LogP contribution is 2.06. The van der Waals surface area contributed by atoms with Crippen LogP contribution in [-0.4, -0.2) is 36.6 Å². The predicted octanol–water partition coefficient (Wildman–Crippen LogP) is 0.192. The zero-order valence-electron chi connectivity index (χ0n) is 7.17. The molecule has 11 heavy (non-hydrogen) atoms. The van der Waals surface area contributed by atoms with Crippen LogP contribution in [-0.2, 0) is 0 Å². The lowest BCUT2D eigenvalue weighted by Crippen LogP contribution is -2.52. The van der Waals surface area contributed by atoms with Gasteiger partial charge in [-0.25, -0.2) is 0 Å². The maximum absolute atomic E-state index is 8.69. The largest absolute Gasteiger partial charge is 0.314 e. The summed E-state index contributed by atoms with van der Waals surface area (Å²) in [5, 5.41) is 12.0. The molecule has 0 amide bonds. The first kappa shape index (κ1) is 8.51. The summed E-state index contributed by atoms with van der Waals surface area (Å²) >= 11 is 0. The molecule has 0 saturated carbocycles. The van der Waals surface area contributed by atoms with Crippen molar-refractivity contribution in [1.82, 2.24) is 10.2 Å². The minimum Gasteiger partial charge on any atom is -0.314 e. The van der Waals surface area contributed by atoms with Gasteiger partial charge in [-0.15, -0.1) is 0 Å². The SMILES string of the molecule is CC(C#N)N1CCNC[C@H]1C. The number of nitrogens with zero attached hydrogens (tertiary/aromatic N) is 2. The summed E-state index contributed by atoms with van der Waals surface area (Å²) in [6, 6.07) is 2.82. The third kappa shape index (κ3) is 1.92. The van der Waals surface area contributed by atoms with Gasteiger partial charge in [-0.2, -0.15) is 5.26 Å². The second-order valence-corrected chi connectivity index (χ2v) is 3.10. The molecule has 1 saturated heterocycles.